The minimum Gasteiger partial charge on any atom is -0.445 e. The molecule has 1 aliphatic carbocycles. The lowest BCUT2D eigenvalue weighted by Gasteiger charge is -2.38. The maximum Gasteiger partial charge on any atom is 0.407 e. The van der Waals surface area contributed by atoms with Gasteiger partial charge in [0, 0.05) is 12.1 Å². The van der Waals surface area contributed by atoms with Crippen molar-refractivity contribution in [3.8, 4) is 0 Å². The van der Waals surface area contributed by atoms with Crippen LogP contribution in [0.5, 0.6) is 0 Å². The molecule has 2 aliphatic rings. The molecule has 0 aromatic heterocycles. The van der Waals surface area contributed by atoms with Gasteiger partial charge in [-0.05, 0) is 63.3 Å². The number of alkyl carbamates (subject to hydrolysis) is 1. The minimum atomic E-state index is -0.306. The number of nitrogens with zero attached hydrogens (tertiary/aromatic N) is 1. The van der Waals surface area contributed by atoms with Crippen molar-refractivity contribution < 1.29 is 9.53 Å². The molecule has 2 N–H and O–H groups in total. The first-order chi connectivity index (χ1) is 12.2. The highest BCUT2D eigenvalue weighted by molar-refractivity contribution is 5.67. The zero-order valence-corrected chi connectivity index (χ0v) is 15.2. The number of hydrogen-bond acceptors (Lipinski definition) is 4. The molecule has 2 fully saturated rings. The van der Waals surface area contributed by atoms with E-state index in [0.717, 1.165) is 30.9 Å². The number of hydrogen-bond donors (Lipinski definition) is 2. The van der Waals surface area contributed by atoms with Crippen molar-refractivity contribution in [2.24, 2.45) is 5.92 Å². The van der Waals surface area contributed by atoms with E-state index in [4.69, 9.17) is 4.74 Å². The Bertz CT molecular complexity index is 523. The Morgan fingerprint density at radius 3 is 2.56 bits per heavy atom. The summed E-state index contributed by atoms with van der Waals surface area (Å²) in [5, 5.41) is 6.63. The minimum absolute atomic E-state index is 0.253. The number of carbonyl (C=O) groups excluding carboxylic acids is 1. The summed E-state index contributed by atoms with van der Waals surface area (Å²) < 4.78 is 5.27. The topological polar surface area (TPSA) is 53.6 Å². The van der Waals surface area contributed by atoms with Gasteiger partial charge in [0.25, 0.3) is 0 Å². The van der Waals surface area contributed by atoms with Crippen molar-refractivity contribution in [1.29, 1.82) is 0 Å². The molecular formula is C20H31N3O2. The Kier molecular flexibility index (Phi) is 6.70. The van der Waals surface area contributed by atoms with Gasteiger partial charge in [0.05, 0.1) is 0 Å². The first-order valence-electron chi connectivity index (χ1n) is 9.66. The standard InChI is InChI=1S/C20H31N3O2/c1-2-23-10-8-16(9-11-23)14-21-18-12-19(13-18)22-20(24)25-15-17-6-4-3-5-7-17/h3-7,16,18-19,21H,2,8-15H2,1H3,(H,22,24). The van der Waals surface area contributed by atoms with E-state index in [1.54, 1.807) is 0 Å². The molecule has 1 saturated heterocycles. The van der Waals surface area contributed by atoms with Crippen LogP contribution in [-0.2, 0) is 11.3 Å². The second-order valence-electron chi connectivity index (χ2n) is 7.36. The molecule has 1 amide bonds. The van der Waals surface area contributed by atoms with Gasteiger partial charge in [0.1, 0.15) is 6.61 Å². The number of likely N-dealkylation sites (tertiary alicyclic amines) is 1. The third kappa shape index (κ3) is 5.72. The van der Waals surface area contributed by atoms with Crippen LogP contribution in [0, 0.1) is 5.92 Å². The van der Waals surface area contributed by atoms with Crippen LogP contribution in [-0.4, -0.2) is 49.3 Å². The molecule has 0 bridgehead atoms. The molecule has 0 radical (unpaired) electrons. The Labute approximate surface area is 151 Å². The van der Waals surface area contributed by atoms with E-state index in [0.29, 0.717) is 12.6 Å². The molecule has 5 heteroatoms. The smallest absolute Gasteiger partial charge is 0.407 e. The molecule has 5 nitrogen and oxygen atoms in total. The normalized spacial score (nSPS) is 24.5. The van der Waals surface area contributed by atoms with Crippen LogP contribution in [0.3, 0.4) is 0 Å². The van der Waals surface area contributed by atoms with Gasteiger partial charge in [-0.25, -0.2) is 4.79 Å². The van der Waals surface area contributed by atoms with Gasteiger partial charge in [-0.2, -0.15) is 0 Å². The van der Waals surface area contributed by atoms with E-state index in [1.807, 2.05) is 30.3 Å². The molecule has 1 aliphatic heterocycles. The predicted molar refractivity (Wildman–Crippen MR) is 99.4 cm³/mol. The lowest BCUT2D eigenvalue weighted by Crippen LogP contribution is -2.53. The van der Waals surface area contributed by atoms with Crippen LogP contribution in [0.15, 0.2) is 30.3 Å². The summed E-state index contributed by atoms with van der Waals surface area (Å²) in [7, 11) is 0. The molecular weight excluding hydrogens is 314 g/mol. The second kappa shape index (κ2) is 9.20. The van der Waals surface area contributed by atoms with Crippen LogP contribution in [0.25, 0.3) is 0 Å². The highest BCUT2D eigenvalue weighted by Gasteiger charge is 2.31. The Balaban J connectivity index is 1.24. The number of amides is 1. The van der Waals surface area contributed by atoms with Crippen LogP contribution >= 0.6 is 0 Å². The molecule has 0 atom stereocenters. The number of piperidine rings is 1. The summed E-state index contributed by atoms with van der Waals surface area (Å²) in [5.74, 6) is 0.811. The van der Waals surface area contributed by atoms with E-state index in [2.05, 4.69) is 22.5 Å². The summed E-state index contributed by atoms with van der Waals surface area (Å²) in [6.45, 7) is 7.35. The molecule has 0 unspecified atom stereocenters. The average Bonchev–Trinajstić information content (AvgIpc) is 2.63. The van der Waals surface area contributed by atoms with Gasteiger partial charge >= 0.3 is 6.09 Å². The third-order valence-electron chi connectivity index (χ3n) is 5.52. The van der Waals surface area contributed by atoms with Crippen molar-refractivity contribution in [1.82, 2.24) is 15.5 Å². The first-order valence-corrected chi connectivity index (χ1v) is 9.66. The SMILES string of the molecule is CCN1CCC(CNC2CC(NC(=O)OCc3ccccc3)C2)CC1. The quantitative estimate of drug-likeness (QED) is 0.798. The van der Waals surface area contributed by atoms with Crippen molar-refractivity contribution in [2.75, 3.05) is 26.2 Å². The van der Waals surface area contributed by atoms with E-state index in [1.165, 1.54) is 32.5 Å². The first kappa shape index (κ1) is 18.2. The lowest BCUT2D eigenvalue weighted by molar-refractivity contribution is 0.124. The fraction of sp³-hybridized carbons (Fsp3) is 0.650. The van der Waals surface area contributed by atoms with Gasteiger partial charge in [-0.3, -0.25) is 0 Å². The third-order valence-corrected chi connectivity index (χ3v) is 5.52. The van der Waals surface area contributed by atoms with Gasteiger partial charge in [0.15, 0.2) is 0 Å². The summed E-state index contributed by atoms with van der Waals surface area (Å²) in [4.78, 5) is 14.4. The maximum atomic E-state index is 11.8. The molecule has 1 heterocycles. The van der Waals surface area contributed by atoms with Gasteiger partial charge in [0.2, 0.25) is 0 Å². The number of carbonyl (C=O) groups is 1. The van der Waals surface area contributed by atoms with Crippen LogP contribution in [0.4, 0.5) is 4.79 Å². The highest BCUT2D eigenvalue weighted by atomic mass is 16.5. The summed E-state index contributed by atoms with van der Waals surface area (Å²) in [6.07, 6.45) is 4.32. The van der Waals surface area contributed by atoms with Gasteiger partial charge in [-0.15, -0.1) is 0 Å². The fourth-order valence-electron chi connectivity index (χ4n) is 3.67. The van der Waals surface area contributed by atoms with Gasteiger partial charge in [-0.1, -0.05) is 37.3 Å². The summed E-state index contributed by atoms with van der Waals surface area (Å²) >= 11 is 0. The number of nitrogens with one attached hydrogen (secondary N) is 2. The Morgan fingerprint density at radius 1 is 1.16 bits per heavy atom. The molecule has 1 saturated carbocycles. The zero-order valence-electron chi connectivity index (χ0n) is 15.2. The largest absolute Gasteiger partial charge is 0.445 e. The van der Waals surface area contributed by atoms with E-state index >= 15 is 0 Å². The number of ether oxygens (including phenoxy) is 1. The van der Waals surface area contributed by atoms with Crippen molar-refractivity contribution in [3.05, 3.63) is 35.9 Å². The molecule has 1 aromatic carbocycles. The summed E-state index contributed by atoms with van der Waals surface area (Å²) in [5.41, 5.74) is 1.01. The molecule has 0 spiro atoms. The summed E-state index contributed by atoms with van der Waals surface area (Å²) in [6, 6.07) is 10.6. The van der Waals surface area contributed by atoms with Crippen LogP contribution < -0.4 is 10.6 Å². The molecule has 1 aromatic rings. The molecule has 25 heavy (non-hydrogen) atoms. The average molecular weight is 345 g/mol. The second-order valence-corrected chi connectivity index (χ2v) is 7.36. The highest BCUT2D eigenvalue weighted by Crippen LogP contribution is 2.22. The van der Waals surface area contributed by atoms with E-state index in [9.17, 15) is 4.79 Å². The Morgan fingerprint density at radius 2 is 1.88 bits per heavy atom. The molecule has 3 rings (SSSR count). The molecule has 138 valence electrons. The monoisotopic (exact) mass is 345 g/mol. The van der Waals surface area contributed by atoms with E-state index < -0.39 is 0 Å². The zero-order chi connectivity index (χ0) is 17.5. The van der Waals surface area contributed by atoms with Crippen molar-refractivity contribution in [3.63, 3.8) is 0 Å². The maximum absolute atomic E-state index is 11.8. The van der Waals surface area contributed by atoms with Crippen molar-refractivity contribution in [2.45, 2.75) is 51.3 Å². The predicted octanol–water partition coefficient (Wildman–Crippen LogP) is 2.77. The van der Waals surface area contributed by atoms with Crippen LogP contribution in [0.1, 0.15) is 38.2 Å². The lowest BCUT2D eigenvalue weighted by atomic mass is 9.86. The van der Waals surface area contributed by atoms with Gasteiger partial charge < -0.3 is 20.3 Å². The number of rotatable bonds is 7. The van der Waals surface area contributed by atoms with Crippen LogP contribution in [0.2, 0.25) is 0 Å². The van der Waals surface area contributed by atoms with E-state index in [-0.39, 0.29) is 12.1 Å². The Hall–Kier alpha value is -1.59. The van der Waals surface area contributed by atoms with Crippen molar-refractivity contribution >= 4 is 6.09 Å². The fourth-order valence-corrected chi connectivity index (χ4v) is 3.67. The number of benzene rings is 1.